The van der Waals surface area contributed by atoms with Crippen LogP contribution in [-0.2, 0) is 9.59 Å². The Bertz CT molecular complexity index is 358. The van der Waals surface area contributed by atoms with Crippen molar-refractivity contribution in [2.75, 3.05) is 19.6 Å². The molecule has 2 aliphatic rings. The van der Waals surface area contributed by atoms with E-state index < -0.39 is 5.97 Å². The number of carboxylic acids is 1. The van der Waals surface area contributed by atoms with Crippen molar-refractivity contribution in [2.24, 2.45) is 5.41 Å². The third kappa shape index (κ3) is 3.14. The molecule has 1 aliphatic heterocycles. The molecule has 0 bridgehead atoms. The van der Waals surface area contributed by atoms with Crippen molar-refractivity contribution in [3.05, 3.63) is 0 Å². The van der Waals surface area contributed by atoms with E-state index in [0.717, 1.165) is 51.5 Å². The second-order valence-electron chi connectivity index (χ2n) is 6.22. The number of carbonyl (C=O) groups is 2. The fourth-order valence-electron chi connectivity index (χ4n) is 3.76. The maximum Gasteiger partial charge on any atom is 0.323 e. The van der Waals surface area contributed by atoms with Crippen molar-refractivity contribution in [2.45, 2.75) is 57.9 Å². The first kappa shape index (κ1) is 15.3. The van der Waals surface area contributed by atoms with Crippen LogP contribution in [0.15, 0.2) is 0 Å². The topological polar surface area (TPSA) is 69.6 Å². The van der Waals surface area contributed by atoms with Gasteiger partial charge >= 0.3 is 5.97 Å². The molecule has 1 saturated carbocycles. The Labute approximate surface area is 120 Å². The summed E-state index contributed by atoms with van der Waals surface area (Å²) < 4.78 is 0. The lowest BCUT2D eigenvalue weighted by atomic mass is 9.80. The van der Waals surface area contributed by atoms with Gasteiger partial charge in [-0.1, -0.05) is 26.2 Å². The third-order valence-corrected chi connectivity index (χ3v) is 4.76. The summed E-state index contributed by atoms with van der Waals surface area (Å²) in [5.41, 5.74) is -0.368. The molecule has 0 spiro atoms. The summed E-state index contributed by atoms with van der Waals surface area (Å²) in [6, 6.07) is 0.132. The molecule has 1 amide bonds. The van der Waals surface area contributed by atoms with Gasteiger partial charge in [0.25, 0.3) is 0 Å². The number of nitrogens with one attached hydrogen (secondary N) is 1. The summed E-state index contributed by atoms with van der Waals surface area (Å²) in [6.45, 7) is 3.50. The first-order valence-corrected chi connectivity index (χ1v) is 7.82. The molecule has 0 radical (unpaired) electrons. The Morgan fingerprint density at radius 2 is 2.05 bits per heavy atom. The Morgan fingerprint density at radius 1 is 1.35 bits per heavy atom. The maximum absolute atomic E-state index is 13.0. The molecular weight excluding hydrogens is 256 g/mol. The average molecular weight is 282 g/mol. The Balaban J connectivity index is 2.17. The Hall–Kier alpha value is -1.10. The minimum atomic E-state index is -0.900. The molecule has 20 heavy (non-hydrogen) atoms. The predicted molar refractivity (Wildman–Crippen MR) is 76.4 cm³/mol. The van der Waals surface area contributed by atoms with Crippen LogP contribution in [-0.4, -0.2) is 47.6 Å². The van der Waals surface area contributed by atoms with Gasteiger partial charge in [-0.05, 0) is 32.2 Å². The van der Waals surface area contributed by atoms with Crippen molar-refractivity contribution >= 4 is 11.9 Å². The second-order valence-corrected chi connectivity index (χ2v) is 6.22. The number of aliphatic carboxylic acids is 1. The molecule has 1 atom stereocenters. The van der Waals surface area contributed by atoms with Gasteiger partial charge in [0.1, 0.15) is 6.54 Å². The van der Waals surface area contributed by atoms with E-state index in [9.17, 15) is 9.59 Å². The van der Waals surface area contributed by atoms with Crippen molar-refractivity contribution in [1.82, 2.24) is 10.2 Å². The van der Waals surface area contributed by atoms with Crippen LogP contribution in [0.2, 0.25) is 0 Å². The molecule has 2 rings (SSSR count). The monoisotopic (exact) mass is 282 g/mol. The van der Waals surface area contributed by atoms with Crippen LogP contribution >= 0.6 is 0 Å². The maximum atomic E-state index is 13.0. The van der Waals surface area contributed by atoms with Crippen LogP contribution in [0.25, 0.3) is 0 Å². The van der Waals surface area contributed by atoms with Crippen molar-refractivity contribution < 1.29 is 14.7 Å². The third-order valence-electron chi connectivity index (χ3n) is 4.76. The lowest BCUT2D eigenvalue weighted by Crippen LogP contribution is -2.51. The molecule has 0 aromatic carbocycles. The van der Waals surface area contributed by atoms with Crippen LogP contribution in [0.4, 0.5) is 0 Å². The van der Waals surface area contributed by atoms with Gasteiger partial charge in [-0.15, -0.1) is 0 Å². The summed E-state index contributed by atoms with van der Waals surface area (Å²) in [7, 11) is 0. The normalized spacial score (nSPS) is 26.9. The molecule has 1 saturated heterocycles. The van der Waals surface area contributed by atoms with Crippen LogP contribution < -0.4 is 5.32 Å². The summed E-state index contributed by atoms with van der Waals surface area (Å²) >= 11 is 0. The lowest BCUT2D eigenvalue weighted by Gasteiger charge is -2.36. The van der Waals surface area contributed by atoms with Crippen LogP contribution in [0, 0.1) is 5.41 Å². The van der Waals surface area contributed by atoms with E-state index in [1.54, 1.807) is 4.90 Å². The highest BCUT2D eigenvalue weighted by Gasteiger charge is 2.45. The Kier molecular flexibility index (Phi) is 5.02. The first-order valence-electron chi connectivity index (χ1n) is 7.82. The molecular formula is C15H26N2O3. The van der Waals surface area contributed by atoms with E-state index in [-0.39, 0.29) is 23.9 Å². The van der Waals surface area contributed by atoms with E-state index in [1.807, 2.05) is 0 Å². The fraction of sp³-hybridized carbons (Fsp3) is 0.867. The zero-order valence-corrected chi connectivity index (χ0v) is 12.4. The minimum absolute atomic E-state index is 0.0682. The molecule has 0 aromatic rings. The molecule has 0 aromatic heterocycles. The van der Waals surface area contributed by atoms with Gasteiger partial charge in [-0.3, -0.25) is 9.59 Å². The number of amides is 1. The molecule has 2 N–H and O–H groups in total. The smallest absolute Gasteiger partial charge is 0.323 e. The highest BCUT2D eigenvalue weighted by atomic mass is 16.4. The standard InChI is InChI=1S/C15H26N2O3/c1-2-7-15(8-9-16-11-15)14(20)17(10-13(18)19)12-5-3-4-6-12/h12,16H,2-11H2,1H3,(H,18,19). The van der Waals surface area contributed by atoms with Crippen molar-refractivity contribution in [3.8, 4) is 0 Å². The molecule has 1 heterocycles. The quantitative estimate of drug-likeness (QED) is 0.777. The predicted octanol–water partition coefficient (Wildman–Crippen LogP) is 1.62. The van der Waals surface area contributed by atoms with Crippen LogP contribution in [0.5, 0.6) is 0 Å². The molecule has 5 nitrogen and oxygen atoms in total. The number of rotatable bonds is 6. The summed E-state index contributed by atoms with van der Waals surface area (Å²) in [6.07, 6.45) is 6.76. The van der Waals surface area contributed by atoms with Crippen molar-refractivity contribution in [1.29, 1.82) is 0 Å². The van der Waals surface area contributed by atoms with E-state index >= 15 is 0 Å². The highest BCUT2D eigenvalue weighted by molar-refractivity contribution is 5.87. The van der Waals surface area contributed by atoms with E-state index in [2.05, 4.69) is 12.2 Å². The van der Waals surface area contributed by atoms with E-state index in [0.29, 0.717) is 6.54 Å². The SMILES string of the molecule is CCCC1(C(=O)N(CC(=O)O)C2CCCC2)CCNC1. The molecule has 1 unspecified atom stereocenters. The van der Waals surface area contributed by atoms with Gasteiger partial charge in [-0.25, -0.2) is 0 Å². The lowest BCUT2D eigenvalue weighted by molar-refractivity contribution is -0.152. The number of hydrogen-bond donors (Lipinski definition) is 2. The van der Waals surface area contributed by atoms with Crippen molar-refractivity contribution in [3.63, 3.8) is 0 Å². The molecule has 5 heteroatoms. The van der Waals surface area contributed by atoms with Gasteiger partial charge in [-0.2, -0.15) is 0 Å². The van der Waals surface area contributed by atoms with E-state index in [4.69, 9.17) is 5.11 Å². The molecule has 114 valence electrons. The van der Waals surface area contributed by atoms with E-state index in [1.165, 1.54) is 0 Å². The fourth-order valence-corrected chi connectivity index (χ4v) is 3.76. The van der Waals surface area contributed by atoms with Gasteiger partial charge in [0.2, 0.25) is 5.91 Å². The van der Waals surface area contributed by atoms with Gasteiger partial charge in [0, 0.05) is 12.6 Å². The zero-order chi connectivity index (χ0) is 14.6. The van der Waals surface area contributed by atoms with Gasteiger partial charge in [0.05, 0.1) is 5.41 Å². The Morgan fingerprint density at radius 3 is 2.55 bits per heavy atom. The largest absolute Gasteiger partial charge is 0.480 e. The average Bonchev–Trinajstić information content (AvgIpc) is 3.07. The zero-order valence-electron chi connectivity index (χ0n) is 12.4. The number of carboxylic acid groups (broad SMARTS) is 1. The second kappa shape index (κ2) is 6.57. The highest BCUT2D eigenvalue weighted by Crippen LogP contribution is 2.36. The van der Waals surface area contributed by atoms with Crippen LogP contribution in [0.3, 0.4) is 0 Å². The van der Waals surface area contributed by atoms with Gasteiger partial charge in [0.15, 0.2) is 0 Å². The minimum Gasteiger partial charge on any atom is -0.480 e. The first-order chi connectivity index (χ1) is 9.59. The van der Waals surface area contributed by atoms with Gasteiger partial charge < -0.3 is 15.3 Å². The molecule has 2 fully saturated rings. The summed E-state index contributed by atoms with van der Waals surface area (Å²) in [5.74, 6) is -0.832. The van der Waals surface area contributed by atoms with Crippen LogP contribution in [0.1, 0.15) is 51.9 Å². The number of carbonyl (C=O) groups excluding carboxylic acids is 1. The summed E-state index contributed by atoms with van der Waals surface area (Å²) in [4.78, 5) is 25.8. The molecule has 1 aliphatic carbocycles. The number of hydrogen-bond acceptors (Lipinski definition) is 3. The number of nitrogens with zero attached hydrogens (tertiary/aromatic N) is 1. The summed E-state index contributed by atoms with van der Waals surface area (Å²) in [5, 5.41) is 12.4.